The van der Waals surface area contributed by atoms with Crippen molar-refractivity contribution in [3.63, 3.8) is 0 Å². The minimum atomic E-state index is -4.54. The van der Waals surface area contributed by atoms with Gasteiger partial charge in [0.15, 0.2) is 9.84 Å². The summed E-state index contributed by atoms with van der Waals surface area (Å²) in [5.74, 6) is 0.439. The van der Waals surface area contributed by atoms with Crippen molar-refractivity contribution < 1.29 is 21.6 Å². The lowest BCUT2D eigenvalue weighted by Crippen LogP contribution is -2.23. The third kappa shape index (κ3) is 4.56. The minimum Gasteiger partial charge on any atom is -0.340 e. The fraction of sp³-hybridized carbons (Fsp3) is 0.208. The van der Waals surface area contributed by atoms with E-state index >= 15 is 0 Å². The van der Waals surface area contributed by atoms with E-state index in [1.807, 2.05) is 0 Å². The van der Waals surface area contributed by atoms with Crippen LogP contribution in [0.2, 0.25) is 0 Å². The Balaban J connectivity index is 1.44. The third-order valence-corrected chi connectivity index (χ3v) is 8.13. The molecule has 4 aromatic rings. The van der Waals surface area contributed by atoms with Gasteiger partial charge in [0.05, 0.1) is 26.9 Å². The summed E-state index contributed by atoms with van der Waals surface area (Å²) in [6.07, 6.45) is -1.33. The Kier molecular flexibility index (Phi) is 5.89. The van der Waals surface area contributed by atoms with Crippen LogP contribution in [0.25, 0.3) is 22.2 Å². The molecule has 1 unspecified atom stereocenters. The van der Waals surface area contributed by atoms with Crippen molar-refractivity contribution in [1.82, 2.24) is 20.3 Å². The molecule has 0 saturated carbocycles. The second-order valence-corrected chi connectivity index (χ2v) is 10.4. The zero-order valence-corrected chi connectivity index (χ0v) is 19.1. The minimum absolute atomic E-state index is 0.177. The van der Waals surface area contributed by atoms with E-state index in [4.69, 9.17) is 0 Å². The monoisotopic (exact) mass is 499 g/mol. The topological polar surface area (TPSA) is 96.9 Å². The molecule has 2 N–H and O–H groups in total. The van der Waals surface area contributed by atoms with Crippen LogP contribution in [0.3, 0.4) is 0 Å². The molecule has 0 spiro atoms. The van der Waals surface area contributed by atoms with Gasteiger partial charge in [-0.1, -0.05) is 6.07 Å². The molecule has 0 amide bonds. The molecular formula is C24H20F3N5O2S. The summed E-state index contributed by atoms with van der Waals surface area (Å²) in [5, 5.41) is 6.36. The summed E-state index contributed by atoms with van der Waals surface area (Å²) >= 11 is 0. The van der Waals surface area contributed by atoms with E-state index in [1.54, 1.807) is 36.4 Å². The van der Waals surface area contributed by atoms with Crippen molar-refractivity contribution in [3.05, 3.63) is 72.7 Å². The fourth-order valence-corrected chi connectivity index (χ4v) is 5.78. The van der Waals surface area contributed by atoms with Gasteiger partial charge in [0, 0.05) is 29.4 Å². The van der Waals surface area contributed by atoms with Gasteiger partial charge < -0.3 is 10.6 Å². The second kappa shape index (κ2) is 8.90. The van der Waals surface area contributed by atoms with Gasteiger partial charge in [0.1, 0.15) is 12.1 Å². The molecule has 1 atom stereocenters. The number of nitrogens with one attached hydrogen (secondary N) is 2. The highest BCUT2D eigenvalue weighted by Gasteiger charge is 2.34. The zero-order chi connectivity index (χ0) is 24.6. The van der Waals surface area contributed by atoms with Crippen LogP contribution >= 0.6 is 0 Å². The van der Waals surface area contributed by atoms with Crippen molar-refractivity contribution in [1.29, 1.82) is 0 Å². The highest BCUT2D eigenvalue weighted by atomic mass is 32.2. The SMILES string of the molecule is O=S(=O)(c1ccc(Nc2ncnc3cc(-c4ncccc4C(F)(F)F)ccc23)cc1)C1CCNC1. The summed E-state index contributed by atoms with van der Waals surface area (Å²) in [6.45, 7) is 1.13. The molecule has 3 heterocycles. The quantitative estimate of drug-likeness (QED) is 0.415. The lowest BCUT2D eigenvalue weighted by atomic mass is 10.0. The maximum absolute atomic E-state index is 13.4. The van der Waals surface area contributed by atoms with Crippen molar-refractivity contribution in [2.24, 2.45) is 0 Å². The van der Waals surface area contributed by atoms with E-state index in [0.29, 0.717) is 41.9 Å². The molecule has 0 aliphatic carbocycles. The van der Waals surface area contributed by atoms with Crippen LogP contribution in [0.15, 0.2) is 72.0 Å². The Morgan fingerprint density at radius 3 is 2.51 bits per heavy atom. The average molecular weight is 500 g/mol. The number of alkyl halides is 3. The van der Waals surface area contributed by atoms with E-state index in [9.17, 15) is 21.6 Å². The lowest BCUT2D eigenvalue weighted by molar-refractivity contribution is -0.137. The molecule has 0 bridgehead atoms. The number of halogens is 3. The van der Waals surface area contributed by atoms with Crippen LogP contribution in [0.5, 0.6) is 0 Å². The van der Waals surface area contributed by atoms with Crippen molar-refractivity contribution in [2.75, 3.05) is 18.4 Å². The first kappa shape index (κ1) is 23.2. The Morgan fingerprint density at radius 1 is 1.00 bits per heavy atom. The molecule has 1 fully saturated rings. The Hall–Kier alpha value is -3.57. The van der Waals surface area contributed by atoms with Crippen molar-refractivity contribution >= 4 is 32.2 Å². The number of sulfone groups is 1. The number of pyridine rings is 1. The van der Waals surface area contributed by atoms with Crippen LogP contribution < -0.4 is 10.6 Å². The fourth-order valence-electron chi connectivity index (χ4n) is 4.12. The van der Waals surface area contributed by atoms with Gasteiger partial charge in [-0.3, -0.25) is 4.98 Å². The average Bonchev–Trinajstić information content (AvgIpc) is 3.40. The second-order valence-electron chi connectivity index (χ2n) is 8.16. The molecule has 2 aromatic carbocycles. The highest BCUT2D eigenvalue weighted by molar-refractivity contribution is 7.92. The number of nitrogens with zero attached hydrogens (tertiary/aromatic N) is 3. The van der Waals surface area contributed by atoms with Gasteiger partial charge in [-0.05, 0) is 61.5 Å². The molecule has 1 saturated heterocycles. The van der Waals surface area contributed by atoms with Gasteiger partial charge in [-0.15, -0.1) is 0 Å². The zero-order valence-electron chi connectivity index (χ0n) is 18.2. The van der Waals surface area contributed by atoms with Gasteiger partial charge in [0.25, 0.3) is 0 Å². The molecule has 11 heteroatoms. The first-order valence-corrected chi connectivity index (χ1v) is 12.4. The van der Waals surface area contributed by atoms with E-state index in [2.05, 4.69) is 25.6 Å². The molecule has 35 heavy (non-hydrogen) atoms. The largest absolute Gasteiger partial charge is 0.418 e. The molecule has 2 aromatic heterocycles. The molecule has 7 nitrogen and oxygen atoms in total. The molecule has 1 aliphatic heterocycles. The number of anilines is 2. The van der Waals surface area contributed by atoms with Gasteiger partial charge in [0.2, 0.25) is 0 Å². The predicted octanol–water partition coefficient (Wildman–Crippen LogP) is 4.59. The summed E-state index contributed by atoms with van der Waals surface area (Å²) in [5.41, 5.74) is 0.332. The number of hydrogen-bond acceptors (Lipinski definition) is 7. The number of hydrogen-bond donors (Lipinski definition) is 2. The smallest absolute Gasteiger partial charge is 0.340 e. The normalized spacial score (nSPS) is 16.5. The first-order chi connectivity index (χ1) is 16.7. The number of fused-ring (bicyclic) bond motifs is 1. The summed E-state index contributed by atoms with van der Waals surface area (Å²) in [6, 6.07) is 13.4. The first-order valence-electron chi connectivity index (χ1n) is 10.8. The number of benzene rings is 2. The van der Waals surface area contributed by atoms with Crippen LogP contribution in [0.4, 0.5) is 24.7 Å². The number of rotatable bonds is 5. The molecule has 5 rings (SSSR count). The summed E-state index contributed by atoms with van der Waals surface area (Å²) in [7, 11) is -3.41. The summed E-state index contributed by atoms with van der Waals surface area (Å²) in [4.78, 5) is 12.6. The van der Waals surface area contributed by atoms with Crippen LogP contribution in [-0.2, 0) is 16.0 Å². The van der Waals surface area contributed by atoms with Gasteiger partial charge in [-0.2, -0.15) is 13.2 Å². The van der Waals surface area contributed by atoms with E-state index in [0.717, 1.165) is 6.07 Å². The molecule has 0 radical (unpaired) electrons. The van der Waals surface area contributed by atoms with E-state index in [-0.39, 0.29) is 16.2 Å². The Labute approximate surface area is 199 Å². The highest BCUT2D eigenvalue weighted by Crippen LogP contribution is 2.37. The molecule has 180 valence electrons. The predicted molar refractivity (Wildman–Crippen MR) is 126 cm³/mol. The maximum Gasteiger partial charge on any atom is 0.418 e. The van der Waals surface area contributed by atoms with E-state index in [1.165, 1.54) is 24.7 Å². The third-order valence-electron chi connectivity index (χ3n) is 5.92. The van der Waals surface area contributed by atoms with Crippen LogP contribution in [0.1, 0.15) is 12.0 Å². The van der Waals surface area contributed by atoms with Crippen molar-refractivity contribution in [3.8, 4) is 11.3 Å². The van der Waals surface area contributed by atoms with Gasteiger partial charge in [-0.25, -0.2) is 18.4 Å². The van der Waals surface area contributed by atoms with E-state index < -0.39 is 26.8 Å². The van der Waals surface area contributed by atoms with Crippen LogP contribution in [-0.4, -0.2) is 41.7 Å². The Bertz CT molecular complexity index is 1490. The Morgan fingerprint density at radius 2 is 1.80 bits per heavy atom. The molecule has 1 aliphatic rings. The van der Waals surface area contributed by atoms with Crippen molar-refractivity contribution in [2.45, 2.75) is 22.7 Å². The maximum atomic E-state index is 13.4. The number of aromatic nitrogens is 3. The summed E-state index contributed by atoms with van der Waals surface area (Å²) < 4.78 is 65.8. The lowest BCUT2D eigenvalue weighted by Gasteiger charge is -2.13. The van der Waals surface area contributed by atoms with Crippen LogP contribution in [0, 0.1) is 0 Å². The van der Waals surface area contributed by atoms with Gasteiger partial charge >= 0.3 is 6.18 Å². The molecular weight excluding hydrogens is 479 g/mol. The standard InChI is InChI=1S/C24H20F3N5O2S/c25-24(26,27)20-2-1-10-29-22(20)15-3-8-19-21(12-15)30-14-31-23(19)32-16-4-6-17(7-5-16)35(33,34)18-9-11-28-13-18/h1-8,10,12,14,18,28H,9,11,13H2,(H,30,31,32).